The van der Waals surface area contributed by atoms with E-state index in [4.69, 9.17) is 0 Å². The van der Waals surface area contributed by atoms with Gasteiger partial charge in [0.1, 0.15) is 5.69 Å². The lowest BCUT2D eigenvalue weighted by Crippen LogP contribution is -2.30. The Balaban J connectivity index is 1.51. The van der Waals surface area contributed by atoms with E-state index < -0.39 is 0 Å². The average molecular weight is 334 g/mol. The molecule has 128 valence electrons. The third-order valence-electron chi connectivity index (χ3n) is 4.07. The Morgan fingerprint density at radius 2 is 1.76 bits per heavy atom. The number of hydrogen-bond acceptors (Lipinski definition) is 4. The summed E-state index contributed by atoms with van der Waals surface area (Å²) in [5, 5.41) is 2.93. The van der Waals surface area contributed by atoms with Gasteiger partial charge in [0.2, 0.25) is 0 Å². The number of anilines is 1. The molecule has 0 unspecified atom stereocenters. The fraction of sp³-hybridized carbons (Fsp3) is 0.250. The van der Waals surface area contributed by atoms with Gasteiger partial charge in [0.05, 0.1) is 17.2 Å². The van der Waals surface area contributed by atoms with E-state index in [2.05, 4.69) is 39.2 Å². The molecule has 0 radical (unpaired) electrons. The molecule has 3 rings (SSSR count). The number of nitrogens with one attached hydrogen (secondary N) is 1. The van der Waals surface area contributed by atoms with Crippen LogP contribution in [0.1, 0.15) is 23.8 Å². The number of carbonyl (C=O) groups excluding carboxylic acids is 1. The second-order valence-electron chi connectivity index (χ2n) is 5.77. The molecule has 0 fully saturated rings. The fourth-order valence-corrected chi connectivity index (χ4v) is 2.74. The first kappa shape index (κ1) is 16.9. The topological polar surface area (TPSA) is 58.1 Å². The number of fused-ring (bicyclic) bond motifs is 1. The van der Waals surface area contributed by atoms with Gasteiger partial charge in [0, 0.05) is 25.3 Å². The van der Waals surface area contributed by atoms with E-state index in [9.17, 15) is 4.79 Å². The molecule has 1 amide bonds. The lowest BCUT2D eigenvalue weighted by atomic mass is 10.2. The predicted octanol–water partition coefficient (Wildman–Crippen LogP) is 3.28. The molecule has 0 aliphatic carbocycles. The van der Waals surface area contributed by atoms with Crippen molar-refractivity contribution in [3.63, 3.8) is 0 Å². The Labute approximate surface area is 147 Å². The van der Waals surface area contributed by atoms with E-state index >= 15 is 0 Å². The summed E-state index contributed by atoms with van der Waals surface area (Å²) in [6, 6.07) is 17.8. The minimum atomic E-state index is -0.180. The molecule has 3 aromatic rings. The number of nitrogens with zero attached hydrogens (tertiary/aromatic N) is 3. The molecule has 0 aliphatic heterocycles. The minimum Gasteiger partial charge on any atom is -0.372 e. The summed E-state index contributed by atoms with van der Waals surface area (Å²) in [5.74, 6) is -0.180. The van der Waals surface area contributed by atoms with Crippen molar-refractivity contribution < 1.29 is 4.79 Å². The van der Waals surface area contributed by atoms with Crippen LogP contribution in [0.15, 0.2) is 60.8 Å². The third kappa shape index (κ3) is 4.32. The molecule has 5 nitrogen and oxygen atoms in total. The fourth-order valence-electron chi connectivity index (χ4n) is 2.74. The molecular weight excluding hydrogens is 312 g/mol. The summed E-state index contributed by atoms with van der Waals surface area (Å²) in [4.78, 5) is 23.2. The van der Waals surface area contributed by atoms with Crippen LogP contribution in [-0.4, -0.2) is 35.5 Å². The van der Waals surface area contributed by atoms with E-state index in [0.29, 0.717) is 12.2 Å². The number of aromatic nitrogens is 2. The summed E-state index contributed by atoms with van der Waals surface area (Å²) < 4.78 is 0. The maximum absolute atomic E-state index is 12.2. The van der Waals surface area contributed by atoms with Gasteiger partial charge in [-0.3, -0.25) is 9.78 Å². The second kappa shape index (κ2) is 8.24. The molecule has 0 aliphatic rings. The Kier molecular flexibility index (Phi) is 5.57. The molecule has 0 atom stereocenters. The van der Waals surface area contributed by atoms with Gasteiger partial charge in [-0.2, -0.15) is 0 Å². The monoisotopic (exact) mass is 334 g/mol. The zero-order valence-corrected chi connectivity index (χ0v) is 14.4. The summed E-state index contributed by atoms with van der Waals surface area (Å²) in [7, 11) is 0. The molecule has 0 saturated carbocycles. The number of rotatable bonds is 7. The molecule has 1 aromatic heterocycles. The summed E-state index contributed by atoms with van der Waals surface area (Å²) >= 11 is 0. The van der Waals surface area contributed by atoms with Gasteiger partial charge in [0.15, 0.2) is 0 Å². The van der Waals surface area contributed by atoms with Crippen molar-refractivity contribution in [2.75, 3.05) is 24.5 Å². The standard InChI is InChI=1S/C20H22N4O/c1-2-24(16-9-4-3-5-10-16)14-8-13-21-20(25)19-15-22-17-11-6-7-12-18(17)23-19/h3-7,9-12,15H,2,8,13-14H2,1H3,(H,21,25). The zero-order chi connectivity index (χ0) is 17.5. The Morgan fingerprint density at radius 3 is 2.52 bits per heavy atom. The number of para-hydroxylation sites is 3. The van der Waals surface area contributed by atoms with Crippen LogP contribution >= 0.6 is 0 Å². The van der Waals surface area contributed by atoms with Crippen molar-refractivity contribution in [1.29, 1.82) is 0 Å². The summed E-state index contributed by atoms with van der Waals surface area (Å²) in [5.41, 5.74) is 3.09. The van der Waals surface area contributed by atoms with E-state index in [1.54, 1.807) is 0 Å². The van der Waals surface area contributed by atoms with E-state index in [1.165, 1.54) is 11.9 Å². The van der Waals surface area contributed by atoms with E-state index in [0.717, 1.165) is 30.5 Å². The number of hydrogen-bond donors (Lipinski definition) is 1. The van der Waals surface area contributed by atoms with Crippen LogP contribution in [0.3, 0.4) is 0 Å². The molecule has 1 N–H and O–H groups in total. The largest absolute Gasteiger partial charge is 0.372 e. The van der Waals surface area contributed by atoms with Crippen molar-refractivity contribution >= 4 is 22.6 Å². The van der Waals surface area contributed by atoms with Crippen LogP contribution in [0.4, 0.5) is 5.69 Å². The van der Waals surface area contributed by atoms with Crippen molar-refractivity contribution in [3.8, 4) is 0 Å². The number of carbonyl (C=O) groups is 1. The molecule has 2 aromatic carbocycles. The Hall–Kier alpha value is -2.95. The summed E-state index contributed by atoms with van der Waals surface area (Å²) in [6.07, 6.45) is 2.40. The molecular formula is C20H22N4O. The SMILES string of the molecule is CCN(CCCNC(=O)c1cnc2ccccc2n1)c1ccccc1. The molecule has 1 heterocycles. The van der Waals surface area contributed by atoms with Gasteiger partial charge in [-0.1, -0.05) is 30.3 Å². The Morgan fingerprint density at radius 1 is 1.04 bits per heavy atom. The van der Waals surface area contributed by atoms with Gasteiger partial charge >= 0.3 is 0 Å². The summed E-state index contributed by atoms with van der Waals surface area (Å²) in [6.45, 7) is 4.57. The number of amides is 1. The first-order valence-corrected chi connectivity index (χ1v) is 8.58. The number of benzene rings is 2. The Bertz CT molecular complexity index is 835. The van der Waals surface area contributed by atoms with Gasteiger partial charge in [-0.05, 0) is 37.6 Å². The zero-order valence-electron chi connectivity index (χ0n) is 14.4. The highest BCUT2D eigenvalue weighted by atomic mass is 16.1. The van der Waals surface area contributed by atoms with Crippen LogP contribution in [-0.2, 0) is 0 Å². The molecule has 0 saturated heterocycles. The van der Waals surface area contributed by atoms with Crippen molar-refractivity contribution in [1.82, 2.24) is 15.3 Å². The molecule has 5 heteroatoms. The average Bonchev–Trinajstić information content (AvgIpc) is 2.68. The lowest BCUT2D eigenvalue weighted by molar-refractivity contribution is 0.0948. The highest BCUT2D eigenvalue weighted by molar-refractivity contribution is 5.93. The van der Waals surface area contributed by atoms with Crippen molar-refractivity contribution in [2.45, 2.75) is 13.3 Å². The van der Waals surface area contributed by atoms with Crippen molar-refractivity contribution in [2.24, 2.45) is 0 Å². The maximum atomic E-state index is 12.2. The van der Waals surface area contributed by atoms with Crippen LogP contribution in [0.5, 0.6) is 0 Å². The third-order valence-corrected chi connectivity index (χ3v) is 4.07. The minimum absolute atomic E-state index is 0.180. The van der Waals surface area contributed by atoms with Crippen molar-refractivity contribution in [3.05, 3.63) is 66.5 Å². The van der Waals surface area contributed by atoms with Crippen LogP contribution < -0.4 is 10.2 Å². The highest BCUT2D eigenvalue weighted by Gasteiger charge is 2.09. The van der Waals surface area contributed by atoms with Gasteiger partial charge in [-0.25, -0.2) is 4.98 Å². The normalized spacial score (nSPS) is 10.6. The van der Waals surface area contributed by atoms with E-state index in [-0.39, 0.29) is 5.91 Å². The van der Waals surface area contributed by atoms with Crippen LogP contribution in [0, 0.1) is 0 Å². The maximum Gasteiger partial charge on any atom is 0.271 e. The quantitative estimate of drug-likeness (QED) is 0.674. The smallest absolute Gasteiger partial charge is 0.271 e. The van der Waals surface area contributed by atoms with E-state index in [1.807, 2.05) is 42.5 Å². The van der Waals surface area contributed by atoms with Gasteiger partial charge in [-0.15, -0.1) is 0 Å². The predicted molar refractivity (Wildman–Crippen MR) is 101 cm³/mol. The second-order valence-corrected chi connectivity index (χ2v) is 5.77. The lowest BCUT2D eigenvalue weighted by Gasteiger charge is -2.23. The van der Waals surface area contributed by atoms with Gasteiger partial charge in [0.25, 0.3) is 5.91 Å². The van der Waals surface area contributed by atoms with Crippen LogP contribution in [0.2, 0.25) is 0 Å². The first-order chi connectivity index (χ1) is 12.3. The first-order valence-electron chi connectivity index (χ1n) is 8.58. The molecule has 25 heavy (non-hydrogen) atoms. The molecule has 0 spiro atoms. The van der Waals surface area contributed by atoms with Gasteiger partial charge < -0.3 is 10.2 Å². The van der Waals surface area contributed by atoms with Crippen LogP contribution in [0.25, 0.3) is 11.0 Å². The highest BCUT2D eigenvalue weighted by Crippen LogP contribution is 2.13. The molecule has 0 bridgehead atoms.